The van der Waals surface area contributed by atoms with Gasteiger partial charge in [-0.2, -0.15) is 0 Å². The molecule has 0 saturated carbocycles. The summed E-state index contributed by atoms with van der Waals surface area (Å²) in [6.07, 6.45) is 4.49. The zero-order valence-corrected chi connectivity index (χ0v) is 15.7. The summed E-state index contributed by atoms with van der Waals surface area (Å²) < 4.78 is 18.7. The highest BCUT2D eigenvalue weighted by Crippen LogP contribution is 2.24. The maximum Gasteiger partial charge on any atom is 0.289 e. The van der Waals surface area contributed by atoms with Gasteiger partial charge in [0.2, 0.25) is 0 Å². The lowest BCUT2D eigenvalue weighted by molar-refractivity contribution is 0.0668. The van der Waals surface area contributed by atoms with E-state index in [0.717, 1.165) is 0 Å². The quantitative estimate of drug-likeness (QED) is 0.736. The zero-order valence-electron chi connectivity index (χ0n) is 15.7. The highest BCUT2D eigenvalue weighted by atomic mass is 19.1. The number of rotatable bonds is 4. The van der Waals surface area contributed by atoms with Crippen LogP contribution in [0.2, 0.25) is 0 Å². The van der Waals surface area contributed by atoms with E-state index in [1.54, 1.807) is 47.5 Å². The molecule has 1 fully saturated rings. The third-order valence-electron chi connectivity index (χ3n) is 4.99. The van der Waals surface area contributed by atoms with E-state index in [4.69, 9.17) is 4.42 Å². The smallest absolute Gasteiger partial charge is 0.289 e. The average Bonchev–Trinajstić information content (AvgIpc) is 3.25. The number of furan rings is 1. The van der Waals surface area contributed by atoms with Crippen LogP contribution >= 0.6 is 0 Å². The second kappa shape index (κ2) is 8.26. The van der Waals surface area contributed by atoms with Crippen LogP contribution in [0, 0.1) is 5.82 Å². The molecule has 0 aliphatic carbocycles. The van der Waals surface area contributed by atoms with Crippen molar-refractivity contribution in [2.24, 2.45) is 0 Å². The fourth-order valence-corrected chi connectivity index (χ4v) is 3.37. The number of aromatic nitrogens is 1. The number of nitrogens with zero attached hydrogens (tertiary/aromatic N) is 2. The van der Waals surface area contributed by atoms with Crippen LogP contribution in [0.4, 0.5) is 4.39 Å². The van der Waals surface area contributed by atoms with Crippen molar-refractivity contribution in [3.05, 3.63) is 78.1 Å². The Morgan fingerprint density at radius 3 is 2.52 bits per heavy atom. The molecule has 7 heteroatoms. The molecule has 6 nitrogen and oxygen atoms in total. The van der Waals surface area contributed by atoms with Crippen LogP contribution in [0.25, 0.3) is 11.3 Å². The second-order valence-corrected chi connectivity index (χ2v) is 6.95. The molecule has 0 radical (unpaired) electrons. The van der Waals surface area contributed by atoms with Crippen molar-refractivity contribution >= 4 is 11.8 Å². The molecule has 0 spiro atoms. The number of pyridine rings is 1. The fraction of sp³-hybridized carbons (Fsp3) is 0.227. The van der Waals surface area contributed by atoms with Gasteiger partial charge in [0.1, 0.15) is 11.6 Å². The van der Waals surface area contributed by atoms with Gasteiger partial charge in [0, 0.05) is 37.1 Å². The standard InChI is InChI=1S/C22H20FN3O3/c23-17-5-3-15(4-6-17)19-7-8-20(29-19)22(28)26-12-9-18(10-13-26)25-21(27)16-2-1-11-24-14-16/h1-8,11,14,18H,9-10,12-13H2,(H,25,27). The van der Waals surface area contributed by atoms with Crippen LogP contribution in [0.15, 0.2) is 65.3 Å². The first-order valence-corrected chi connectivity index (χ1v) is 9.46. The SMILES string of the molecule is O=C(NC1CCN(C(=O)c2ccc(-c3ccc(F)cc3)o2)CC1)c1cccnc1. The number of carbonyl (C=O) groups is 2. The molecule has 1 aliphatic heterocycles. The molecule has 0 bridgehead atoms. The molecular weight excluding hydrogens is 373 g/mol. The van der Waals surface area contributed by atoms with Crippen LogP contribution in [-0.4, -0.2) is 40.8 Å². The number of hydrogen-bond acceptors (Lipinski definition) is 4. The predicted molar refractivity (Wildman–Crippen MR) is 105 cm³/mol. The number of hydrogen-bond donors (Lipinski definition) is 1. The molecule has 2 aromatic heterocycles. The predicted octanol–water partition coefficient (Wildman–Crippen LogP) is 3.52. The van der Waals surface area contributed by atoms with Crippen molar-refractivity contribution in [3.63, 3.8) is 0 Å². The summed E-state index contributed by atoms with van der Waals surface area (Å²) in [4.78, 5) is 30.6. The van der Waals surface area contributed by atoms with Gasteiger partial charge in [-0.25, -0.2) is 4.39 Å². The van der Waals surface area contributed by atoms with Gasteiger partial charge in [-0.15, -0.1) is 0 Å². The topological polar surface area (TPSA) is 75.4 Å². The van der Waals surface area contributed by atoms with Crippen molar-refractivity contribution in [3.8, 4) is 11.3 Å². The van der Waals surface area contributed by atoms with Gasteiger partial charge in [-0.1, -0.05) is 0 Å². The summed E-state index contributed by atoms with van der Waals surface area (Å²) in [6, 6.07) is 12.7. The minimum absolute atomic E-state index is 0.0122. The highest BCUT2D eigenvalue weighted by molar-refractivity contribution is 5.94. The molecule has 1 aliphatic rings. The Morgan fingerprint density at radius 1 is 1.07 bits per heavy atom. The van der Waals surface area contributed by atoms with E-state index in [1.807, 2.05) is 0 Å². The number of piperidine rings is 1. The van der Waals surface area contributed by atoms with Crippen LogP contribution in [0.3, 0.4) is 0 Å². The molecule has 1 saturated heterocycles. The maximum absolute atomic E-state index is 13.1. The molecule has 2 amide bonds. The third kappa shape index (κ3) is 4.34. The van der Waals surface area contributed by atoms with E-state index >= 15 is 0 Å². The zero-order chi connectivity index (χ0) is 20.2. The Balaban J connectivity index is 1.33. The van der Waals surface area contributed by atoms with Crippen molar-refractivity contribution in [2.75, 3.05) is 13.1 Å². The molecular formula is C22H20FN3O3. The van der Waals surface area contributed by atoms with Gasteiger partial charge < -0.3 is 14.6 Å². The Labute approximate surface area is 167 Å². The molecule has 148 valence electrons. The fourth-order valence-electron chi connectivity index (χ4n) is 3.37. The van der Waals surface area contributed by atoms with E-state index in [-0.39, 0.29) is 29.4 Å². The van der Waals surface area contributed by atoms with Gasteiger partial charge in [-0.05, 0) is 61.4 Å². The summed E-state index contributed by atoms with van der Waals surface area (Å²) in [6.45, 7) is 1.06. The van der Waals surface area contributed by atoms with Gasteiger partial charge in [0.15, 0.2) is 5.76 Å². The van der Waals surface area contributed by atoms with Gasteiger partial charge in [0.05, 0.1) is 5.56 Å². The first-order chi connectivity index (χ1) is 14.1. The Hall–Kier alpha value is -3.48. The number of carbonyl (C=O) groups excluding carboxylic acids is 2. The van der Waals surface area contributed by atoms with Crippen LogP contribution < -0.4 is 5.32 Å². The largest absolute Gasteiger partial charge is 0.451 e. The molecule has 29 heavy (non-hydrogen) atoms. The number of likely N-dealkylation sites (tertiary alicyclic amines) is 1. The third-order valence-corrected chi connectivity index (χ3v) is 4.99. The number of amides is 2. The van der Waals surface area contributed by atoms with Crippen molar-refractivity contribution in [1.29, 1.82) is 0 Å². The molecule has 3 aromatic rings. The average molecular weight is 393 g/mol. The number of nitrogens with one attached hydrogen (secondary N) is 1. The highest BCUT2D eigenvalue weighted by Gasteiger charge is 2.26. The first kappa shape index (κ1) is 18.9. The number of halogens is 1. The summed E-state index contributed by atoms with van der Waals surface area (Å²) in [5.41, 5.74) is 1.23. The van der Waals surface area contributed by atoms with Crippen LogP contribution in [-0.2, 0) is 0 Å². The molecule has 0 atom stereocenters. The van der Waals surface area contributed by atoms with Crippen molar-refractivity contribution in [2.45, 2.75) is 18.9 Å². The van der Waals surface area contributed by atoms with E-state index in [2.05, 4.69) is 10.3 Å². The summed E-state index contributed by atoms with van der Waals surface area (Å²) >= 11 is 0. The lowest BCUT2D eigenvalue weighted by atomic mass is 10.0. The Morgan fingerprint density at radius 2 is 1.83 bits per heavy atom. The second-order valence-electron chi connectivity index (χ2n) is 6.95. The van der Waals surface area contributed by atoms with Gasteiger partial charge >= 0.3 is 0 Å². The van der Waals surface area contributed by atoms with E-state index in [9.17, 15) is 14.0 Å². The van der Waals surface area contributed by atoms with Crippen molar-refractivity contribution in [1.82, 2.24) is 15.2 Å². The minimum Gasteiger partial charge on any atom is -0.451 e. The van der Waals surface area contributed by atoms with Gasteiger partial charge in [-0.3, -0.25) is 14.6 Å². The lowest BCUT2D eigenvalue weighted by Crippen LogP contribution is -2.46. The monoisotopic (exact) mass is 393 g/mol. The van der Waals surface area contributed by atoms with Crippen molar-refractivity contribution < 1.29 is 18.4 Å². The lowest BCUT2D eigenvalue weighted by Gasteiger charge is -2.31. The summed E-state index contributed by atoms with van der Waals surface area (Å²) in [5, 5.41) is 2.99. The van der Waals surface area contributed by atoms with Crippen LogP contribution in [0.5, 0.6) is 0 Å². The van der Waals surface area contributed by atoms with E-state index in [1.165, 1.54) is 18.3 Å². The Kier molecular flexibility index (Phi) is 5.37. The summed E-state index contributed by atoms with van der Waals surface area (Å²) in [7, 11) is 0. The molecule has 1 N–H and O–H groups in total. The minimum atomic E-state index is -0.324. The molecule has 1 aromatic carbocycles. The summed E-state index contributed by atoms with van der Waals surface area (Å²) in [5.74, 6) is 0.109. The normalized spacial score (nSPS) is 14.6. The van der Waals surface area contributed by atoms with E-state index in [0.29, 0.717) is 42.8 Å². The molecule has 0 unspecified atom stereocenters. The maximum atomic E-state index is 13.1. The van der Waals surface area contributed by atoms with Crippen LogP contribution in [0.1, 0.15) is 33.8 Å². The van der Waals surface area contributed by atoms with E-state index < -0.39 is 0 Å². The van der Waals surface area contributed by atoms with Gasteiger partial charge in [0.25, 0.3) is 11.8 Å². The molecule has 4 rings (SSSR count). The number of benzene rings is 1. The molecule has 3 heterocycles. The first-order valence-electron chi connectivity index (χ1n) is 9.46. The Bertz CT molecular complexity index is 994.